The van der Waals surface area contributed by atoms with E-state index in [1.807, 2.05) is 0 Å². The van der Waals surface area contributed by atoms with Crippen LogP contribution in [0.3, 0.4) is 0 Å². The minimum Gasteiger partial charge on any atom is -0.356 e. The van der Waals surface area contributed by atoms with Gasteiger partial charge in [-0.05, 0) is 22.0 Å². The second kappa shape index (κ2) is 4.63. The summed E-state index contributed by atoms with van der Waals surface area (Å²) in [6, 6.07) is 1.66. The van der Waals surface area contributed by atoms with Gasteiger partial charge in [-0.25, -0.2) is 4.98 Å². The molecule has 0 saturated carbocycles. The van der Waals surface area contributed by atoms with Crippen molar-refractivity contribution >= 4 is 39.3 Å². The van der Waals surface area contributed by atoms with Gasteiger partial charge in [-0.15, -0.1) is 0 Å². The lowest BCUT2D eigenvalue weighted by atomic mass is 10.4. The number of hydrogen-bond acceptors (Lipinski definition) is 3. The van der Waals surface area contributed by atoms with Crippen LogP contribution >= 0.6 is 27.5 Å². The molecule has 0 spiro atoms. The second-order valence-electron chi connectivity index (χ2n) is 2.91. The monoisotopic (exact) mass is 300 g/mol. The summed E-state index contributed by atoms with van der Waals surface area (Å²) in [5.41, 5.74) is 0.425. The largest absolute Gasteiger partial charge is 0.356 e. The lowest BCUT2D eigenvalue weighted by molar-refractivity contribution is 0.102. The zero-order valence-corrected chi connectivity index (χ0v) is 10.2. The molecule has 2 N–H and O–H groups in total. The molecule has 0 aliphatic heterocycles. The van der Waals surface area contributed by atoms with Crippen molar-refractivity contribution in [1.82, 2.24) is 15.0 Å². The lowest BCUT2D eigenvalue weighted by Crippen LogP contribution is -2.13. The van der Waals surface area contributed by atoms with Crippen LogP contribution in [-0.4, -0.2) is 20.9 Å². The molecular formula is C9H6BrClN4O. The number of H-pyrrole nitrogens is 1. The summed E-state index contributed by atoms with van der Waals surface area (Å²) in [5.74, 6) is 0.00508. The van der Waals surface area contributed by atoms with Crippen molar-refractivity contribution in [3.8, 4) is 0 Å². The second-order valence-corrected chi connectivity index (χ2v) is 4.22. The normalized spacial score (nSPS) is 10.1. The van der Waals surface area contributed by atoms with E-state index < -0.39 is 0 Å². The topological polar surface area (TPSA) is 70.7 Å². The average Bonchev–Trinajstić information content (AvgIpc) is 2.65. The fourth-order valence-corrected chi connectivity index (χ4v) is 1.58. The highest BCUT2D eigenvalue weighted by Crippen LogP contribution is 2.12. The third kappa shape index (κ3) is 2.59. The average molecular weight is 302 g/mol. The molecule has 2 aromatic heterocycles. The molecule has 0 saturated heterocycles. The van der Waals surface area contributed by atoms with Crippen LogP contribution in [0.1, 0.15) is 10.5 Å². The number of halogens is 2. The van der Waals surface area contributed by atoms with Crippen molar-refractivity contribution in [3.63, 3.8) is 0 Å². The highest BCUT2D eigenvalue weighted by atomic mass is 79.9. The van der Waals surface area contributed by atoms with Crippen molar-refractivity contribution in [3.05, 3.63) is 40.0 Å². The Morgan fingerprint density at radius 2 is 2.31 bits per heavy atom. The van der Waals surface area contributed by atoms with Gasteiger partial charge in [-0.2, -0.15) is 0 Å². The predicted octanol–water partition coefficient (Wildman–Crippen LogP) is 2.47. The molecule has 0 fully saturated rings. The number of carbonyl (C=O) groups is 1. The van der Waals surface area contributed by atoms with E-state index in [4.69, 9.17) is 11.6 Å². The van der Waals surface area contributed by atoms with Crippen LogP contribution in [0.25, 0.3) is 0 Å². The van der Waals surface area contributed by atoms with Crippen LogP contribution in [0, 0.1) is 0 Å². The van der Waals surface area contributed by atoms with E-state index in [2.05, 4.69) is 36.2 Å². The summed E-state index contributed by atoms with van der Waals surface area (Å²) in [4.78, 5) is 22.2. The Bertz CT molecular complexity index is 528. The molecule has 5 nitrogen and oxygen atoms in total. The first-order chi connectivity index (χ1) is 7.65. The number of amides is 1. The first-order valence-electron chi connectivity index (χ1n) is 4.28. The SMILES string of the molecule is O=C(Nc1cncc(Cl)n1)c1cc(Br)c[nH]1. The number of carbonyl (C=O) groups excluding carboxylic acids is 1. The number of nitrogens with zero attached hydrogens (tertiary/aromatic N) is 2. The van der Waals surface area contributed by atoms with Crippen LogP contribution in [0.5, 0.6) is 0 Å². The van der Waals surface area contributed by atoms with Gasteiger partial charge in [-0.1, -0.05) is 11.6 Å². The van der Waals surface area contributed by atoms with Crippen molar-refractivity contribution in [2.24, 2.45) is 0 Å². The summed E-state index contributed by atoms with van der Waals surface area (Å²) in [6.07, 6.45) is 4.47. The Kier molecular flexibility index (Phi) is 3.21. The Morgan fingerprint density at radius 1 is 1.50 bits per heavy atom. The molecular weight excluding hydrogens is 295 g/mol. The number of nitrogens with one attached hydrogen (secondary N) is 2. The number of hydrogen-bond donors (Lipinski definition) is 2. The van der Waals surface area contributed by atoms with E-state index in [0.717, 1.165) is 4.47 Å². The van der Waals surface area contributed by atoms with Crippen LogP contribution in [0.4, 0.5) is 5.82 Å². The Hall–Kier alpha value is -1.40. The fraction of sp³-hybridized carbons (Fsp3) is 0. The van der Waals surface area contributed by atoms with Gasteiger partial charge in [0.25, 0.3) is 5.91 Å². The minimum atomic E-state index is -0.303. The molecule has 2 rings (SSSR count). The van der Waals surface area contributed by atoms with Gasteiger partial charge in [0.05, 0.1) is 12.4 Å². The molecule has 0 bridgehead atoms. The zero-order chi connectivity index (χ0) is 11.5. The van der Waals surface area contributed by atoms with Crippen molar-refractivity contribution in [2.75, 3.05) is 5.32 Å². The van der Waals surface area contributed by atoms with Crippen molar-refractivity contribution in [2.45, 2.75) is 0 Å². The minimum absolute atomic E-state index is 0.227. The smallest absolute Gasteiger partial charge is 0.273 e. The summed E-state index contributed by atoms with van der Waals surface area (Å²) in [6.45, 7) is 0. The van der Waals surface area contributed by atoms with Crippen LogP contribution < -0.4 is 5.32 Å². The van der Waals surface area contributed by atoms with Gasteiger partial charge in [0, 0.05) is 10.7 Å². The van der Waals surface area contributed by atoms with E-state index in [1.165, 1.54) is 12.4 Å². The van der Waals surface area contributed by atoms with E-state index in [0.29, 0.717) is 11.5 Å². The van der Waals surface area contributed by atoms with Gasteiger partial charge in [0.15, 0.2) is 5.82 Å². The first-order valence-corrected chi connectivity index (χ1v) is 5.45. The lowest BCUT2D eigenvalue weighted by Gasteiger charge is -2.01. The standard InChI is InChI=1S/C9H6BrClN4O/c10-5-1-6(13-2-5)9(16)15-8-4-12-3-7(11)14-8/h1-4,13H,(H,14,15,16). The van der Waals surface area contributed by atoms with Gasteiger partial charge in [-0.3, -0.25) is 9.78 Å². The maximum atomic E-state index is 11.7. The van der Waals surface area contributed by atoms with Crippen molar-refractivity contribution < 1.29 is 4.79 Å². The Labute approximate surface area is 104 Å². The number of aromatic amines is 1. The summed E-state index contributed by atoms with van der Waals surface area (Å²) < 4.78 is 0.801. The zero-order valence-electron chi connectivity index (χ0n) is 7.87. The van der Waals surface area contributed by atoms with Crippen molar-refractivity contribution in [1.29, 1.82) is 0 Å². The van der Waals surface area contributed by atoms with Gasteiger partial charge in [0.2, 0.25) is 0 Å². The predicted molar refractivity (Wildman–Crippen MR) is 63.5 cm³/mol. The maximum absolute atomic E-state index is 11.7. The molecule has 7 heteroatoms. The molecule has 0 aromatic carbocycles. The highest BCUT2D eigenvalue weighted by Gasteiger charge is 2.09. The third-order valence-electron chi connectivity index (χ3n) is 1.74. The van der Waals surface area contributed by atoms with Crippen LogP contribution in [0.15, 0.2) is 29.1 Å². The van der Waals surface area contributed by atoms with Gasteiger partial charge >= 0.3 is 0 Å². The van der Waals surface area contributed by atoms with E-state index in [9.17, 15) is 4.79 Å². The Morgan fingerprint density at radius 3 is 2.94 bits per heavy atom. The molecule has 1 amide bonds. The highest BCUT2D eigenvalue weighted by molar-refractivity contribution is 9.10. The molecule has 0 aliphatic rings. The fourth-order valence-electron chi connectivity index (χ4n) is 1.09. The molecule has 82 valence electrons. The summed E-state index contributed by atoms with van der Waals surface area (Å²) >= 11 is 8.88. The van der Waals surface area contributed by atoms with Gasteiger partial charge in [0.1, 0.15) is 10.8 Å². The van der Waals surface area contributed by atoms with E-state index in [-0.39, 0.29) is 11.1 Å². The first kappa shape index (κ1) is 11.1. The Balaban J connectivity index is 2.13. The summed E-state index contributed by atoms with van der Waals surface area (Å²) in [5, 5.41) is 2.79. The number of rotatable bonds is 2. The molecule has 2 aromatic rings. The number of aromatic nitrogens is 3. The molecule has 0 atom stereocenters. The van der Waals surface area contributed by atoms with Crippen LogP contribution in [0.2, 0.25) is 5.15 Å². The van der Waals surface area contributed by atoms with E-state index in [1.54, 1.807) is 12.3 Å². The van der Waals surface area contributed by atoms with Crippen LogP contribution in [-0.2, 0) is 0 Å². The molecule has 0 aliphatic carbocycles. The molecule has 2 heterocycles. The molecule has 16 heavy (non-hydrogen) atoms. The summed E-state index contributed by atoms with van der Waals surface area (Å²) in [7, 11) is 0. The quantitative estimate of drug-likeness (QED) is 0.895. The van der Waals surface area contributed by atoms with E-state index >= 15 is 0 Å². The number of anilines is 1. The molecule has 0 unspecified atom stereocenters. The molecule has 0 radical (unpaired) electrons. The maximum Gasteiger partial charge on any atom is 0.273 e. The third-order valence-corrected chi connectivity index (χ3v) is 2.38. The van der Waals surface area contributed by atoms with Gasteiger partial charge < -0.3 is 10.3 Å².